The molecule has 0 spiro atoms. The SMILES string of the molecule is CCC(=O)N1N=C(c2ccsc2)C[C@@H]1c1ccc2nccnc2c1. The van der Waals surface area contributed by atoms with Crippen molar-refractivity contribution in [3.05, 3.63) is 58.5 Å². The van der Waals surface area contributed by atoms with Crippen molar-refractivity contribution < 1.29 is 4.79 Å². The van der Waals surface area contributed by atoms with Crippen molar-refractivity contribution in [1.82, 2.24) is 15.0 Å². The first-order valence-electron chi connectivity index (χ1n) is 7.89. The van der Waals surface area contributed by atoms with Crippen LogP contribution in [0.4, 0.5) is 0 Å². The first-order chi connectivity index (χ1) is 11.8. The number of benzene rings is 1. The van der Waals surface area contributed by atoms with Crippen molar-refractivity contribution in [3.63, 3.8) is 0 Å². The van der Waals surface area contributed by atoms with Gasteiger partial charge in [0.15, 0.2) is 0 Å². The monoisotopic (exact) mass is 336 g/mol. The molecule has 6 heteroatoms. The summed E-state index contributed by atoms with van der Waals surface area (Å²) in [5.41, 5.74) is 4.78. The van der Waals surface area contributed by atoms with Gasteiger partial charge in [-0.2, -0.15) is 16.4 Å². The Kier molecular flexibility index (Phi) is 3.82. The summed E-state index contributed by atoms with van der Waals surface area (Å²) >= 11 is 1.64. The van der Waals surface area contributed by atoms with E-state index in [9.17, 15) is 4.79 Å². The fourth-order valence-corrected chi connectivity index (χ4v) is 3.62. The highest BCUT2D eigenvalue weighted by Gasteiger charge is 2.32. The number of aromatic nitrogens is 2. The normalized spacial score (nSPS) is 17.3. The summed E-state index contributed by atoms with van der Waals surface area (Å²) in [7, 11) is 0. The molecular weight excluding hydrogens is 320 g/mol. The fraction of sp³-hybridized carbons (Fsp3) is 0.222. The summed E-state index contributed by atoms with van der Waals surface area (Å²) in [6.07, 6.45) is 4.52. The zero-order chi connectivity index (χ0) is 16.5. The zero-order valence-electron chi connectivity index (χ0n) is 13.2. The maximum absolute atomic E-state index is 12.4. The summed E-state index contributed by atoms with van der Waals surface area (Å²) in [4.78, 5) is 21.0. The van der Waals surface area contributed by atoms with Crippen LogP contribution in [0.1, 0.15) is 36.9 Å². The van der Waals surface area contributed by atoms with Crippen LogP contribution < -0.4 is 0 Å². The molecule has 0 unspecified atom stereocenters. The molecule has 0 radical (unpaired) electrons. The van der Waals surface area contributed by atoms with Crippen molar-refractivity contribution in [3.8, 4) is 0 Å². The van der Waals surface area contributed by atoms with E-state index in [1.54, 1.807) is 28.7 Å². The highest BCUT2D eigenvalue weighted by molar-refractivity contribution is 7.08. The molecule has 0 bridgehead atoms. The molecule has 24 heavy (non-hydrogen) atoms. The molecule has 1 aliphatic rings. The number of amides is 1. The maximum atomic E-state index is 12.4. The van der Waals surface area contributed by atoms with Gasteiger partial charge in [0.25, 0.3) is 0 Å². The lowest BCUT2D eigenvalue weighted by molar-refractivity contribution is -0.132. The van der Waals surface area contributed by atoms with Gasteiger partial charge in [0.1, 0.15) is 0 Å². The second-order valence-electron chi connectivity index (χ2n) is 5.67. The van der Waals surface area contributed by atoms with Crippen molar-refractivity contribution in [1.29, 1.82) is 0 Å². The average molecular weight is 336 g/mol. The summed E-state index contributed by atoms with van der Waals surface area (Å²) in [6.45, 7) is 1.86. The van der Waals surface area contributed by atoms with Gasteiger partial charge in [-0.15, -0.1) is 0 Å². The van der Waals surface area contributed by atoms with Gasteiger partial charge >= 0.3 is 0 Å². The topological polar surface area (TPSA) is 58.5 Å². The first-order valence-corrected chi connectivity index (χ1v) is 8.83. The van der Waals surface area contributed by atoms with E-state index >= 15 is 0 Å². The molecule has 1 atom stereocenters. The minimum absolute atomic E-state index is 0.0319. The number of hydrogen-bond acceptors (Lipinski definition) is 5. The molecule has 1 aliphatic heterocycles. The van der Waals surface area contributed by atoms with Crippen LogP contribution in [-0.2, 0) is 4.79 Å². The summed E-state index contributed by atoms with van der Waals surface area (Å²) in [5.74, 6) is 0.0319. The van der Waals surface area contributed by atoms with Crippen molar-refractivity contribution in [2.45, 2.75) is 25.8 Å². The Hall–Kier alpha value is -2.60. The van der Waals surface area contributed by atoms with Crippen LogP contribution in [0.15, 0.2) is 52.5 Å². The second kappa shape index (κ2) is 6.13. The number of hydrazone groups is 1. The number of nitrogens with zero attached hydrogens (tertiary/aromatic N) is 4. The number of thiophene rings is 1. The second-order valence-corrected chi connectivity index (χ2v) is 6.46. The van der Waals surface area contributed by atoms with E-state index in [4.69, 9.17) is 0 Å². The smallest absolute Gasteiger partial charge is 0.242 e. The van der Waals surface area contributed by atoms with Gasteiger partial charge in [0.2, 0.25) is 5.91 Å². The highest BCUT2D eigenvalue weighted by Crippen LogP contribution is 2.34. The third kappa shape index (κ3) is 2.59. The molecule has 1 amide bonds. The summed E-state index contributed by atoms with van der Waals surface area (Å²) in [5, 5.41) is 10.3. The lowest BCUT2D eigenvalue weighted by Crippen LogP contribution is -2.26. The van der Waals surface area contributed by atoms with Gasteiger partial charge in [-0.3, -0.25) is 14.8 Å². The Bertz CT molecular complexity index is 920. The molecular formula is C18H16N4OS. The molecule has 3 aromatic rings. The molecule has 1 aromatic carbocycles. The molecule has 120 valence electrons. The van der Waals surface area contributed by atoms with Gasteiger partial charge < -0.3 is 0 Å². The predicted octanol–water partition coefficient (Wildman–Crippen LogP) is 3.78. The summed E-state index contributed by atoms with van der Waals surface area (Å²) < 4.78 is 0. The zero-order valence-corrected chi connectivity index (χ0v) is 14.0. The van der Waals surface area contributed by atoms with E-state index in [-0.39, 0.29) is 11.9 Å². The molecule has 4 rings (SSSR count). The quantitative estimate of drug-likeness (QED) is 0.731. The van der Waals surface area contributed by atoms with Gasteiger partial charge in [0.05, 0.1) is 22.8 Å². The van der Waals surface area contributed by atoms with Crippen LogP contribution in [-0.4, -0.2) is 26.6 Å². The molecule has 5 nitrogen and oxygen atoms in total. The Labute approximate surface area is 143 Å². The first kappa shape index (κ1) is 15.0. The Morgan fingerprint density at radius 2 is 2.08 bits per heavy atom. The Morgan fingerprint density at radius 3 is 2.83 bits per heavy atom. The number of carbonyl (C=O) groups is 1. The van der Waals surface area contributed by atoms with E-state index in [1.165, 1.54) is 0 Å². The van der Waals surface area contributed by atoms with E-state index < -0.39 is 0 Å². The number of fused-ring (bicyclic) bond motifs is 1. The molecule has 0 saturated carbocycles. The third-order valence-corrected chi connectivity index (χ3v) is 4.88. The van der Waals surface area contributed by atoms with Crippen LogP contribution in [0, 0.1) is 0 Å². The molecule has 0 fully saturated rings. The Morgan fingerprint density at radius 1 is 1.25 bits per heavy atom. The molecule has 2 aromatic heterocycles. The van der Waals surface area contributed by atoms with Gasteiger partial charge in [-0.25, -0.2) is 5.01 Å². The number of hydrogen-bond donors (Lipinski definition) is 0. The van der Waals surface area contributed by atoms with Crippen LogP contribution in [0.3, 0.4) is 0 Å². The molecule has 0 aliphatic carbocycles. The van der Waals surface area contributed by atoms with Crippen LogP contribution in [0.25, 0.3) is 11.0 Å². The Balaban J connectivity index is 1.73. The average Bonchev–Trinajstić information content (AvgIpc) is 3.30. The standard InChI is InChI=1S/C18H16N4OS/c1-2-18(23)22-17(10-15(21-22)13-5-8-24-11-13)12-3-4-14-16(9-12)20-7-6-19-14/h3-9,11,17H,2,10H2,1H3/t17-/m1/s1. The van der Waals surface area contributed by atoms with Gasteiger partial charge in [-0.05, 0) is 34.5 Å². The minimum atomic E-state index is -0.0845. The maximum Gasteiger partial charge on any atom is 0.242 e. The predicted molar refractivity (Wildman–Crippen MR) is 94.9 cm³/mol. The largest absolute Gasteiger partial charge is 0.273 e. The lowest BCUT2D eigenvalue weighted by Gasteiger charge is -2.21. The van der Waals surface area contributed by atoms with Crippen molar-refractivity contribution >= 4 is 34.0 Å². The molecule has 0 saturated heterocycles. The van der Waals surface area contributed by atoms with Crippen molar-refractivity contribution in [2.24, 2.45) is 5.10 Å². The minimum Gasteiger partial charge on any atom is -0.273 e. The third-order valence-electron chi connectivity index (χ3n) is 4.20. The van der Waals surface area contributed by atoms with E-state index in [0.717, 1.165) is 27.9 Å². The number of rotatable bonds is 3. The molecule has 3 heterocycles. The van der Waals surface area contributed by atoms with Crippen LogP contribution >= 0.6 is 11.3 Å². The van der Waals surface area contributed by atoms with Gasteiger partial charge in [-0.1, -0.05) is 13.0 Å². The van der Waals surface area contributed by atoms with Crippen molar-refractivity contribution in [2.75, 3.05) is 0 Å². The van der Waals surface area contributed by atoms with Crippen LogP contribution in [0.2, 0.25) is 0 Å². The lowest BCUT2D eigenvalue weighted by atomic mass is 9.99. The van der Waals surface area contributed by atoms with Crippen LogP contribution in [0.5, 0.6) is 0 Å². The van der Waals surface area contributed by atoms with Gasteiger partial charge in [0, 0.05) is 30.8 Å². The summed E-state index contributed by atoms with van der Waals surface area (Å²) in [6, 6.07) is 7.94. The van der Waals surface area contributed by atoms with E-state index in [0.29, 0.717) is 12.8 Å². The fourth-order valence-electron chi connectivity index (χ4n) is 2.95. The highest BCUT2D eigenvalue weighted by atomic mass is 32.1. The van der Waals surface area contributed by atoms with E-state index in [1.807, 2.05) is 36.6 Å². The number of carbonyl (C=O) groups excluding carboxylic acids is 1. The molecule has 0 N–H and O–H groups in total. The van der Waals surface area contributed by atoms with E-state index in [2.05, 4.69) is 20.4 Å².